The van der Waals surface area contributed by atoms with Crippen molar-refractivity contribution in [3.63, 3.8) is 0 Å². The first-order valence-electron chi connectivity index (χ1n) is 4.03. The highest BCUT2D eigenvalue weighted by atomic mass is 32.2. The molecule has 78 valence electrons. The van der Waals surface area contributed by atoms with E-state index in [1.165, 1.54) is 18.0 Å². The Bertz CT molecular complexity index is 358. The second kappa shape index (κ2) is 4.66. The van der Waals surface area contributed by atoms with E-state index in [9.17, 15) is 13.2 Å². The number of thioether (sulfide) groups is 1. The summed E-state index contributed by atoms with van der Waals surface area (Å²) in [4.78, 5) is 10.9. The van der Waals surface area contributed by atoms with Crippen molar-refractivity contribution in [2.45, 2.75) is 11.7 Å². The van der Waals surface area contributed by atoms with Crippen LogP contribution < -0.4 is 5.32 Å². The fourth-order valence-electron chi connectivity index (χ4n) is 1.18. The van der Waals surface area contributed by atoms with Crippen molar-refractivity contribution in [1.29, 1.82) is 5.26 Å². The number of nitrogens with zero attached hydrogens (tertiary/aromatic N) is 1. The van der Waals surface area contributed by atoms with Gasteiger partial charge in [-0.1, -0.05) is 0 Å². The number of carbonyl (C=O) groups is 1. The fraction of sp³-hybridized carbons (Fsp3) is 0.714. The van der Waals surface area contributed by atoms with Crippen molar-refractivity contribution in [3.05, 3.63) is 0 Å². The van der Waals surface area contributed by atoms with Gasteiger partial charge in [-0.3, -0.25) is 10.1 Å². The van der Waals surface area contributed by atoms with Crippen LogP contribution in [0.15, 0.2) is 0 Å². The molecule has 0 aromatic rings. The summed E-state index contributed by atoms with van der Waals surface area (Å²) < 4.78 is 22.1. The third-order valence-electron chi connectivity index (χ3n) is 1.84. The maximum atomic E-state index is 11.0. The van der Waals surface area contributed by atoms with Crippen molar-refractivity contribution >= 4 is 27.5 Å². The summed E-state index contributed by atoms with van der Waals surface area (Å²) in [6.07, 6.45) is 2.13. The molecular formula is C7H10N2O3S2. The Labute approximate surface area is 86.8 Å². The van der Waals surface area contributed by atoms with E-state index in [0.29, 0.717) is 6.42 Å². The Kier molecular flexibility index (Phi) is 3.77. The van der Waals surface area contributed by atoms with Crippen molar-refractivity contribution in [2.75, 3.05) is 17.3 Å². The van der Waals surface area contributed by atoms with Crippen LogP contribution in [0.2, 0.25) is 0 Å². The molecule has 1 amide bonds. The van der Waals surface area contributed by atoms with Crippen LogP contribution in [0.1, 0.15) is 6.42 Å². The van der Waals surface area contributed by atoms with Gasteiger partial charge >= 0.3 is 0 Å². The number of nitriles is 1. The molecule has 0 bridgehead atoms. The first-order valence-corrected chi connectivity index (χ1v) is 6.90. The van der Waals surface area contributed by atoms with Gasteiger partial charge in [-0.2, -0.15) is 5.26 Å². The molecule has 0 radical (unpaired) electrons. The monoisotopic (exact) mass is 234 g/mol. The molecule has 0 saturated carbocycles. The zero-order valence-corrected chi connectivity index (χ0v) is 9.03. The predicted molar refractivity (Wildman–Crippen MR) is 53.3 cm³/mol. The molecule has 1 saturated heterocycles. The van der Waals surface area contributed by atoms with Crippen LogP contribution in [0, 0.1) is 11.5 Å². The first kappa shape index (κ1) is 11.3. The van der Waals surface area contributed by atoms with Gasteiger partial charge in [0, 0.05) is 5.25 Å². The molecule has 0 aromatic heterocycles. The largest absolute Gasteiger partial charge is 0.273 e. The summed E-state index contributed by atoms with van der Waals surface area (Å²) in [7, 11) is -2.87. The molecule has 1 fully saturated rings. The van der Waals surface area contributed by atoms with Gasteiger partial charge in [0.1, 0.15) is 0 Å². The summed E-state index contributed by atoms with van der Waals surface area (Å²) in [6, 6.07) is 0. The molecular weight excluding hydrogens is 224 g/mol. The molecule has 1 atom stereocenters. The van der Waals surface area contributed by atoms with E-state index in [1.807, 2.05) is 5.32 Å². The maximum Gasteiger partial charge on any atom is 0.242 e. The van der Waals surface area contributed by atoms with Gasteiger partial charge in [0.15, 0.2) is 16.0 Å². The highest BCUT2D eigenvalue weighted by Gasteiger charge is 2.28. The highest BCUT2D eigenvalue weighted by molar-refractivity contribution is 8.02. The van der Waals surface area contributed by atoms with Gasteiger partial charge in [0.2, 0.25) is 5.91 Å². The molecule has 7 heteroatoms. The first-order chi connectivity index (χ1) is 6.53. The lowest BCUT2D eigenvalue weighted by Gasteiger charge is -2.04. The van der Waals surface area contributed by atoms with E-state index in [2.05, 4.69) is 0 Å². The number of amides is 1. The van der Waals surface area contributed by atoms with E-state index in [1.54, 1.807) is 0 Å². The molecule has 1 unspecified atom stereocenters. The Morgan fingerprint density at radius 3 is 2.86 bits per heavy atom. The summed E-state index contributed by atoms with van der Waals surface area (Å²) >= 11 is 1.29. The fourth-order valence-corrected chi connectivity index (χ4v) is 4.63. The van der Waals surface area contributed by atoms with Gasteiger partial charge in [-0.05, 0) is 6.42 Å². The lowest BCUT2D eigenvalue weighted by atomic mass is 10.4. The van der Waals surface area contributed by atoms with Crippen molar-refractivity contribution in [1.82, 2.24) is 5.32 Å². The number of nitrogens with one attached hydrogen (secondary N) is 1. The van der Waals surface area contributed by atoms with Crippen LogP contribution >= 0.6 is 11.8 Å². The topological polar surface area (TPSA) is 87.0 Å². The average Bonchev–Trinajstić information content (AvgIpc) is 2.43. The third-order valence-corrected chi connectivity index (χ3v) is 5.12. The van der Waals surface area contributed by atoms with Gasteiger partial charge in [-0.25, -0.2) is 8.42 Å². The minimum absolute atomic E-state index is 0.00411. The Hall–Kier alpha value is -0.740. The van der Waals surface area contributed by atoms with Crippen LogP contribution in [-0.2, 0) is 14.6 Å². The number of rotatable bonds is 3. The number of carbonyl (C=O) groups excluding carboxylic acids is 1. The molecule has 1 aliphatic rings. The van der Waals surface area contributed by atoms with E-state index in [-0.39, 0.29) is 28.4 Å². The molecule has 0 spiro atoms. The smallest absolute Gasteiger partial charge is 0.242 e. The third kappa shape index (κ3) is 3.55. The second-order valence-electron chi connectivity index (χ2n) is 3.00. The zero-order valence-electron chi connectivity index (χ0n) is 7.39. The molecule has 1 rings (SSSR count). The minimum Gasteiger partial charge on any atom is -0.273 e. The molecule has 0 aromatic carbocycles. The number of hydrogen-bond acceptors (Lipinski definition) is 5. The predicted octanol–water partition coefficient (Wildman–Crippen LogP) is -0.496. The normalized spacial score (nSPS) is 24.1. The zero-order chi connectivity index (χ0) is 10.6. The lowest BCUT2D eigenvalue weighted by Crippen LogP contribution is -2.21. The SMILES string of the molecule is N#CNC(=O)CSC1CCS(=O)(=O)C1. The molecule has 5 nitrogen and oxygen atoms in total. The van der Waals surface area contributed by atoms with Crippen LogP contribution in [0.5, 0.6) is 0 Å². The van der Waals surface area contributed by atoms with Crippen molar-refractivity contribution in [3.8, 4) is 6.19 Å². The van der Waals surface area contributed by atoms with Crippen LogP contribution in [-0.4, -0.2) is 36.8 Å². The summed E-state index contributed by atoms with van der Waals surface area (Å²) in [6.45, 7) is 0. The Morgan fingerprint density at radius 2 is 2.36 bits per heavy atom. The lowest BCUT2D eigenvalue weighted by molar-refractivity contribution is -0.117. The summed E-state index contributed by atoms with van der Waals surface area (Å²) in [5.74, 6) is 0.136. The van der Waals surface area contributed by atoms with E-state index >= 15 is 0 Å². The van der Waals surface area contributed by atoms with Crippen LogP contribution in [0.25, 0.3) is 0 Å². The van der Waals surface area contributed by atoms with Crippen molar-refractivity contribution < 1.29 is 13.2 Å². The standard InChI is InChI=1S/C7H10N2O3S2/c8-5-9-7(10)3-13-6-1-2-14(11,12)4-6/h6H,1-4H2,(H,9,10). The molecule has 0 aliphatic carbocycles. The number of sulfone groups is 1. The number of hydrogen-bond donors (Lipinski definition) is 1. The maximum absolute atomic E-state index is 11.0. The van der Waals surface area contributed by atoms with Gasteiger partial charge in [-0.15, -0.1) is 11.8 Å². The quantitative estimate of drug-likeness (QED) is 0.525. The summed E-state index contributed by atoms with van der Waals surface area (Å²) in [5, 5.41) is 10.1. The van der Waals surface area contributed by atoms with Gasteiger partial charge in [0.25, 0.3) is 0 Å². The molecule has 1 aliphatic heterocycles. The Morgan fingerprint density at radius 1 is 1.64 bits per heavy atom. The van der Waals surface area contributed by atoms with E-state index in [0.717, 1.165) is 0 Å². The van der Waals surface area contributed by atoms with Gasteiger partial charge in [0.05, 0.1) is 17.3 Å². The second-order valence-corrected chi connectivity index (χ2v) is 6.51. The van der Waals surface area contributed by atoms with Crippen LogP contribution in [0.3, 0.4) is 0 Å². The average molecular weight is 234 g/mol. The molecule has 1 heterocycles. The van der Waals surface area contributed by atoms with E-state index < -0.39 is 9.84 Å². The molecule has 14 heavy (non-hydrogen) atoms. The minimum atomic E-state index is -2.87. The summed E-state index contributed by atoms with van der Waals surface area (Å²) in [5.41, 5.74) is 0. The van der Waals surface area contributed by atoms with Gasteiger partial charge < -0.3 is 0 Å². The Balaban J connectivity index is 2.28. The highest BCUT2D eigenvalue weighted by Crippen LogP contribution is 2.23. The van der Waals surface area contributed by atoms with Crippen LogP contribution in [0.4, 0.5) is 0 Å². The van der Waals surface area contributed by atoms with E-state index in [4.69, 9.17) is 5.26 Å². The molecule has 1 N–H and O–H groups in total. The van der Waals surface area contributed by atoms with Crippen molar-refractivity contribution in [2.24, 2.45) is 0 Å².